The number of carbonyl (C=O) groups excluding carboxylic acids is 1. The van der Waals surface area contributed by atoms with Crippen molar-refractivity contribution >= 4 is 5.78 Å². The number of ketones is 1. The van der Waals surface area contributed by atoms with Crippen molar-refractivity contribution in [1.29, 1.82) is 5.26 Å². The van der Waals surface area contributed by atoms with E-state index in [2.05, 4.69) is 0 Å². The van der Waals surface area contributed by atoms with E-state index in [0.29, 0.717) is 24.5 Å². The first-order valence-corrected chi connectivity index (χ1v) is 9.73. The third-order valence-corrected chi connectivity index (χ3v) is 5.01. The van der Waals surface area contributed by atoms with Gasteiger partial charge in [-0.3, -0.25) is 14.2 Å². The molecule has 1 saturated heterocycles. The highest BCUT2D eigenvalue weighted by atomic mass is 16.5. The summed E-state index contributed by atoms with van der Waals surface area (Å²) in [5.41, 5.74) is -0.337. The van der Waals surface area contributed by atoms with Crippen LogP contribution in [0.5, 0.6) is 11.6 Å². The Morgan fingerprint density at radius 3 is 2.90 bits per heavy atom. The van der Waals surface area contributed by atoms with Crippen molar-refractivity contribution in [1.82, 2.24) is 4.57 Å². The van der Waals surface area contributed by atoms with Gasteiger partial charge in [0, 0.05) is 12.2 Å². The Morgan fingerprint density at radius 2 is 2.24 bits per heavy atom. The number of aromatic hydroxyl groups is 1. The molecule has 1 fully saturated rings. The second-order valence-electron chi connectivity index (χ2n) is 7.07. The number of ether oxygens (including phenoxy) is 2. The summed E-state index contributed by atoms with van der Waals surface area (Å²) >= 11 is 0. The van der Waals surface area contributed by atoms with Gasteiger partial charge in [-0.15, -0.1) is 0 Å². The lowest BCUT2D eigenvalue weighted by atomic mass is 9.97. The molecule has 1 aliphatic rings. The first-order chi connectivity index (χ1) is 14.0. The molecule has 1 aromatic carbocycles. The minimum absolute atomic E-state index is 0.0493. The van der Waals surface area contributed by atoms with Gasteiger partial charge in [-0.25, -0.2) is 0 Å². The molecule has 1 aliphatic heterocycles. The van der Waals surface area contributed by atoms with E-state index in [0.717, 1.165) is 23.8 Å². The molecule has 7 heteroatoms. The maximum Gasteiger partial charge on any atom is 0.271 e. The highest BCUT2D eigenvalue weighted by molar-refractivity contribution is 6.11. The summed E-state index contributed by atoms with van der Waals surface area (Å²) in [6.45, 7) is 4.69. The Bertz CT molecular complexity index is 1010. The molecular formula is C22H24N2O5. The molecule has 1 N–H and O–H groups in total. The van der Waals surface area contributed by atoms with Crippen molar-refractivity contribution in [2.24, 2.45) is 0 Å². The Hall–Kier alpha value is -3.11. The van der Waals surface area contributed by atoms with Crippen LogP contribution in [0.25, 0.3) is 0 Å². The average Bonchev–Trinajstić information content (AvgIpc) is 3.23. The Balaban J connectivity index is 2.07. The van der Waals surface area contributed by atoms with Crippen LogP contribution in [0.2, 0.25) is 0 Å². The van der Waals surface area contributed by atoms with E-state index in [-0.39, 0.29) is 29.3 Å². The fourth-order valence-corrected chi connectivity index (χ4v) is 3.48. The highest BCUT2D eigenvalue weighted by Gasteiger charge is 2.27. The van der Waals surface area contributed by atoms with E-state index in [4.69, 9.17) is 9.47 Å². The highest BCUT2D eigenvalue weighted by Crippen LogP contribution is 2.27. The van der Waals surface area contributed by atoms with E-state index in [1.54, 1.807) is 24.3 Å². The molecule has 3 rings (SSSR count). The molecule has 0 amide bonds. The maximum absolute atomic E-state index is 13.2. The Labute approximate surface area is 169 Å². The Morgan fingerprint density at radius 1 is 1.45 bits per heavy atom. The van der Waals surface area contributed by atoms with E-state index in [1.165, 1.54) is 6.92 Å². The predicted octanol–water partition coefficient (Wildman–Crippen LogP) is 2.93. The molecule has 1 atom stereocenters. The summed E-state index contributed by atoms with van der Waals surface area (Å²) in [7, 11) is 0. The molecule has 29 heavy (non-hydrogen) atoms. The molecule has 0 spiro atoms. The van der Waals surface area contributed by atoms with Gasteiger partial charge < -0.3 is 14.6 Å². The van der Waals surface area contributed by atoms with Gasteiger partial charge in [-0.2, -0.15) is 5.26 Å². The molecule has 7 nitrogen and oxygen atoms in total. The molecule has 1 unspecified atom stereocenters. The van der Waals surface area contributed by atoms with Crippen LogP contribution in [-0.2, 0) is 11.3 Å². The van der Waals surface area contributed by atoms with E-state index < -0.39 is 17.2 Å². The maximum atomic E-state index is 13.2. The smallest absolute Gasteiger partial charge is 0.271 e. The largest absolute Gasteiger partial charge is 0.494 e. The second kappa shape index (κ2) is 8.93. The second-order valence-corrected chi connectivity index (χ2v) is 7.07. The number of pyridine rings is 1. The lowest BCUT2D eigenvalue weighted by Crippen LogP contribution is -2.30. The zero-order valence-corrected chi connectivity index (χ0v) is 16.6. The number of rotatable bonds is 7. The van der Waals surface area contributed by atoms with Gasteiger partial charge in [0.1, 0.15) is 17.4 Å². The van der Waals surface area contributed by atoms with E-state index in [1.807, 2.05) is 13.0 Å². The lowest BCUT2D eigenvalue weighted by molar-refractivity contribution is 0.0929. The molecule has 2 aromatic rings. The van der Waals surface area contributed by atoms with E-state index in [9.17, 15) is 20.0 Å². The molecule has 0 aliphatic carbocycles. The van der Waals surface area contributed by atoms with Crippen LogP contribution in [0.4, 0.5) is 0 Å². The normalized spacial score (nSPS) is 15.8. The third kappa shape index (κ3) is 4.17. The van der Waals surface area contributed by atoms with Crippen LogP contribution >= 0.6 is 0 Å². The molecule has 2 heterocycles. The fourth-order valence-electron chi connectivity index (χ4n) is 3.48. The lowest BCUT2D eigenvalue weighted by Gasteiger charge is -2.18. The minimum Gasteiger partial charge on any atom is -0.494 e. The van der Waals surface area contributed by atoms with Gasteiger partial charge in [0.2, 0.25) is 5.88 Å². The van der Waals surface area contributed by atoms with Crippen molar-refractivity contribution in [2.45, 2.75) is 45.8 Å². The van der Waals surface area contributed by atoms with Gasteiger partial charge >= 0.3 is 0 Å². The summed E-state index contributed by atoms with van der Waals surface area (Å²) in [5.74, 6) is -0.366. The zero-order chi connectivity index (χ0) is 21.0. The molecular weight excluding hydrogens is 372 g/mol. The van der Waals surface area contributed by atoms with Crippen LogP contribution in [0.15, 0.2) is 29.1 Å². The van der Waals surface area contributed by atoms with Crippen LogP contribution < -0.4 is 10.3 Å². The quantitative estimate of drug-likeness (QED) is 0.722. The SMILES string of the molecule is CCCOc1cccc(C(=O)c2c(C)c(C#N)c(=O)n(CC3CCCO3)c2O)c1. The van der Waals surface area contributed by atoms with Crippen LogP contribution in [0.3, 0.4) is 0 Å². The van der Waals surface area contributed by atoms with Gasteiger partial charge in [-0.05, 0) is 43.9 Å². The van der Waals surface area contributed by atoms with Crippen LogP contribution in [0, 0.1) is 18.3 Å². The molecule has 152 valence electrons. The number of nitriles is 1. The number of hydrogen-bond acceptors (Lipinski definition) is 6. The van der Waals surface area contributed by atoms with Crippen LogP contribution in [0.1, 0.15) is 53.2 Å². The molecule has 0 radical (unpaired) electrons. The molecule has 0 saturated carbocycles. The van der Waals surface area contributed by atoms with E-state index >= 15 is 0 Å². The molecule has 0 bridgehead atoms. The van der Waals surface area contributed by atoms with Crippen molar-refractivity contribution in [3.63, 3.8) is 0 Å². The van der Waals surface area contributed by atoms with Gasteiger partial charge in [0.05, 0.1) is 24.8 Å². The van der Waals surface area contributed by atoms with Crippen molar-refractivity contribution in [2.75, 3.05) is 13.2 Å². The predicted molar refractivity (Wildman–Crippen MR) is 106 cm³/mol. The first-order valence-electron chi connectivity index (χ1n) is 9.73. The number of benzene rings is 1. The summed E-state index contributed by atoms with van der Waals surface area (Å²) in [4.78, 5) is 25.9. The fraction of sp³-hybridized carbons (Fsp3) is 0.409. The standard InChI is InChI=1S/C22H24N2O5/c1-3-9-28-16-7-4-6-15(11-16)20(25)19-14(2)18(12-23)21(26)24(22(19)27)13-17-8-5-10-29-17/h4,6-7,11,17,27H,3,5,8-10,13H2,1-2H3. The van der Waals surface area contributed by atoms with Crippen molar-refractivity contribution in [3.8, 4) is 17.7 Å². The minimum atomic E-state index is -0.616. The number of nitrogens with zero attached hydrogens (tertiary/aromatic N) is 2. The summed E-state index contributed by atoms with van der Waals surface area (Å²) < 4.78 is 12.2. The van der Waals surface area contributed by atoms with Crippen molar-refractivity contribution in [3.05, 3.63) is 56.9 Å². The number of aromatic nitrogens is 1. The third-order valence-electron chi connectivity index (χ3n) is 5.01. The Kier molecular flexibility index (Phi) is 6.35. The monoisotopic (exact) mass is 396 g/mol. The topological polar surface area (TPSA) is 102 Å². The summed E-state index contributed by atoms with van der Waals surface area (Å²) in [5, 5.41) is 20.3. The number of carbonyl (C=O) groups is 1. The number of hydrogen-bond donors (Lipinski definition) is 1. The van der Waals surface area contributed by atoms with Gasteiger partial charge in [-0.1, -0.05) is 19.1 Å². The van der Waals surface area contributed by atoms with Gasteiger partial charge in [0.25, 0.3) is 5.56 Å². The molecule has 1 aromatic heterocycles. The van der Waals surface area contributed by atoms with Crippen LogP contribution in [-0.4, -0.2) is 34.8 Å². The summed E-state index contributed by atoms with van der Waals surface area (Å²) in [6, 6.07) is 8.53. The zero-order valence-electron chi connectivity index (χ0n) is 16.6. The summed E-state index contributed by atoms with van der Waals surface area (Å²) in [6.07, 6.45) is 2.22. The van der Waals surface area contributed by atoms with Gasteiger partial charge in [0.15, 0.2) is 5.78 Å². The van der Waals surface area contributed by atoms with Crippen molar-refractivity contribution < 1.29 is 19.4 Å². The first kappa shape index (κ1) is 20.6. The average molecular weight is 396 g/mol.